The van der Waals surface area contributed by atoms with Gasteiger partial charge in [0.1, 0.15) is 6.04 Å². The van der Waals surface area contributed by atoms with Crippen LogP contribution in [-0.4, -0.2) is 31.4 Å². The van der Waals surface area contributed by atoms with Crippen LogP contribution < -0.4 is 24.4 Å². The lowest BCUT2D eigenvalue weighted by molar-refractivity contribution is -0.139. The largest absolute Gasteiger partial charge is 0.493 e. The van der Waals surface area contributed by atoms with Crippen LogP contribution >= 0.6 is 45.3 Å². The van der Waals surface area contributed by atoms with Crippen molar-refractivity contribution in [3.63, 3.8) is 0 Å². The average molecular weight is 625 g/mol. The Morgan fingerprint density at radius 3 is 2.69 bits per heavy atom. The smallest absolute Gasteiger partial charge is 0.338 e. The Morgan fingerprint density at radius 2 is 2.06 bits per heavy atom. The van der Waals surface area contributed by atoms with Crippen molar-refractivity contribution in [2.24, 2.45) is 4.99 Å². The van der Waals surface area contributed by atoms with Gasteiger partial charge < -0.3 is 14.2 Å². The lowest BCUT2D eigenvalue weighted by atomic mass is 9.99. The van der Waals surface area contributed by atoms with E-state index in [1.165, 1.54) is 22.7 Å². The second kappa shape index (κ2) is 11.1. The molecular formula is C25H25IN2O5S2. The molecule has 184 valence electrons. The van der Waals surface area contributed by atoms with E-state index in [1.807, 2.05) is 42.6 Å². The summed E-state index contributed by atoms with van der Waals surface area (Å²) in [6.07, 6.45) is 3.26. The molecule has 2 aromatic heterocycles. The van der Waals surface area contributed by atoms with Crippen molar-refractivity contribution >= 4 is 57.3 Å². The Balaban J connectivity index is 1.95. The van der Waals surface area contributed by atoms with Gasteiger partial charge in [-0.3, -0.25) is 9.36 Å². The number of benzene rings is 1. The van der Waals surface area contributed by atoms with Gasteiger partial charge in [-0.1, -0.05) is 30.7 Å². The van der Waals surface area contributed by atoms with E-state index in [0.717, 1.165) is 20.4 Å². The number of nitrogens with zero attached hydrogens (tertiary/aromatic N) is 2. The molecule has 0 aliphatic carbocycles. The van der Waals surface area contributed by atoms with Crippen LogP contribution in [0, 0.1) is 3.57 Å². The maximum Gasteiger partial charge on any atom is 0.338 e. The molecule has 1 atom stereocenters. The summed E-state index contributed by atoms with van der Waals surface area (Å²) < 4.78 is 19.3. The number of allylic oxidation sites excluding steroid dienone is 1. The van der Waals surface area contributed by atoms with Crippen molar-refractivity contribution < 1.29 is 19.0 Å². The van der Waals surface area contributed by atoms with Crippen LogP contribution in [0.1, 0.15) is 43.2 Å². The third-order valence-electron chi connectivity index (χ3n) is 5.46. The van der Waals surface area contributed by atoms with E-state index < -0.39 is 12.0 Å². The van der Waals surface area contributed by atoms with Crippen LogP contribution in [0.3, 0.4) is 0 Å². The van der Waals surface area contributed by atoms with Crippen molar-refractivity contribution in [1.29, 1.82) is 0 Å². The zero-order chi connectivity index (χ0) is 25.1. The van der Waals surface area contributed by atoms with Crippen LogP contribution in [0.25, 0.3) is 6.08 Å². The summed E-state index contributed by atoms with van der Waals surface area (Å²) in [5.41, 5.74) is 1.73. The minimum Gasteiger partial charge on any atom is -0.493 e. The maximum absolute atomic E-state index is 13.7. The molecule has 3 heterocycles. The van der Waals surface area contributed by atoms with Gasteiger partial charge in [-0.05, 0) is 71.2 Å². The fourth-order valence-electron chi connectivity index (χ4n) is 4.01. The summed E-state index contributed by atoms with van der Waals surface area (Å²) in [6, 6.07) is 7.06. The van der Waals surface area contributed by atoms with E-state index >= 15 is 0 Å². The zero-order valence-corrected chi connectivity index (χ0v) is 23.6. The van der Waals surface area contributed by atoms with Gasteiger partial charge >= 0.3 is 5.97 Å². The summed E-state index contributed by atoms with van der Waals surface area (Å²) in [4.78, 5) is 33.1. The number of aromatic nitrogens is 1. The quantitative estimate of drug-likeness (QED) is 0.277. The lowest BCUT2D eigenvalue weighted by Gasteiger charge is -2.24. The number of methoxy groups -OCH3 is 2. The molecule has 0 saturated heterocycles. The first kappa shape index (κ1) is 25.6. The molecule has 10 heteroatoms. The van der Waals surface area contributed by atoms with Crippen molar-refractivity contribution in [1.82, 2.24) is 4.57 Å². The monoisotopic (exact) mass is 624 g/mol. The molecule has 0 radical (unpaired) electrons. The minimum atomic E-state index is -0.570. The molecule has 35 heavy (non-hydrogen) atoms. The number of thiophene rings is 1. The number of rotatable bonds is 8. The number of hydrogen-bond donors (Lipinski definition) is 0. The molecule has 1 aromatic carbocycles. The molecule has 0 unspecified atom stereocenters. The fourth-order valence-corrected chi connectivity index (χ4v) is 6.70. The highest BCUT2D eigenvalue weighted by molar-refractivity contribution is 14.1. The normalized spacial score (nSPS) is 15.6. The second-order valence-corrected chi connectivity index (χ2v) is 10.8. The number of halogens is 1. The lowest BCUT2D eigenvalue weighted by Crippen LogP contribution is -2.39. The Kier molecular flexibility index (Phi) is 8.12. The first-order chi connectivity index (χ1) is 16.9. The van der Waals surface area contributed by atoms with Gasteiger partial charge in [0, 0.05) is 4.88 Å². The van der Waals surface area contributed by atoms with Crippen molar-refractivity contribution in [3.8, 4) is 11.5 Å². The third kappa shape index (κ3) is 4.96. The molecule has 0 saturated carbocycles. The van der Waals surface area contributed by atoms with E-state index in [2.05, 4.69) is 22.6 Å². The number of thiazole rings is 1. The van der Waals surface area contributed by atoms with Gasteiger partial charge in [0.15, 0.2) is 16.3 Å². The molecule has 0 fully saturated rings. The minimum absolute atomic E-state index is 0.200. The molecule has 3 aromatic rings. The Hall–Kier alpha value is -2.44. The van der Waals surface area contributed by atoms with Crippen LogP contribution in [0.2, 0.25) is 0 Å². The number of carbonyl (C=O) groups is 1. The highest BCUT2D eigenvalue weighted by Gasteiger charge is 2.34. The van der Waals surface area contributed by atoms with E-state index in [9.17, 15) is 9.59 Å². The zero-order valence-electron chi connectivity index (χ0n) is 19.8. The van der Waals surface area contributed by atoms with Crippen molar-refractivity contribution in [2.45, 2.75) is 32.7 Å². The van der Waals surface area contributed by atoms with Crippen molar-refractivity contribution in [3.05, 3.63) is 74.6 Å². The fraction of sp³-hybridized carbons (Fsp3) is 0.320. The van der Waals surface area contributed by atoms with E-state index in [4.69, 9.17) is 19.2 Å². The summed E-state index contributed by atoms with van der Waals surface area (Å²) >= 11 is 5.00. The summed E-state index contributed by atoms with van der Waals surface area (Å²) in [6.45, 7) is 4.07. The van der Waals surface area contributed by atoms with Gasteiger partial charge in [0.2, 0.25) is 0 Å². The molecule has 1 aliphatic heterocycles. The molecule has 7 nitrogen and oxygen atoms in total. The molecule has 4 rings (SSSR count). The predicted octanol–water partition coefficient (Wildman–Crippen LogP) is 4.26. The molecule has 0 bridgehead atoms. The standard InChI is InChI=1S/C25H25IN2O5S2/c1-5-8-16-20(24(30)33-6-2)21(18-9-7-10-34-18)28-23(29)19(35-25(28)27-16)13-14-11-15(26)22(32-4)17(12-14)31-3/h7,9-13,21H,5-6,8H2,1-4H3/b19-13-/t21-/m0/s1. The van der Waals surface area contributed by atoms with Gasteiger partial charge in [0.05, 0.1) is 40.2 Å². The highest BCUT2D eigenvalue weighted by Crippen LogP contribution is 2.35. The summed E-state index contributed by atoms with van der Waals surface area (Å²) in [5, 5.41) is 1.94. The number of fused-ring (bicyclic) bond motifs is 1. The van der Waals surface area contributed by atoms with E-state index in [-0.39, 0.29) is 12.2 Å². The number of esters is 1. The van der Waals surface area contributed by atoms with Gasteiger partial charge in [-0.25, -0.2) is 9.79 Å². The Bertz CT molecular complexity index is 1450. The van der Waals surface area contributed by atoms with Crippen molar-refractivity contribution in [2.75, 3.05) is 20.8 Å². The molecule has 1 aliphatic rings. The van der Waals surface area contributed by atoms with E-state index in [0.29, 0.717) is 38.5 Å². The maximum atomic E-state index is 13.7. The third-order valence-corrected chi connectivity index (χ3v) is 8.17. The second-order valence-electron chi connectivity index (χ2n) is 7.67. The molecular weight excluding hydrogens is 599 g/mol. The van der Waals surface area contributed by atoms with Crippen LogP contribution in [0.4, 0.5) is 0 Å². The van der Waals surface area contributed by atoms with Crippen LogP contribution in [-0.2, 0) is 9.53 Å². The average Bonchev–Trinajstić information content (AvgIpc) is 3.47. The molecule has 0 amide bonds. The molecule has 0 N–H and O–H groups in total. The summed E-state index contributed by atoms with van der Waals surface area (Å²) in [5.74, 6) is 0.805. The number of ether oxygens (including phenoxy) is 3. The van der Waals surface area contributed by atoms with E-state index in [1.54, 1.807) is 25.7 Å². The molecule has 0 spiro atoms. The predicted molar refractivity (Wildman–Crippen MR) is 146 cm³/mol. The Labute approximate surface area is 224 Å². The SMILES string of the molecule is CCCC1=C(C(=O)OCC)[C@H](c2cccs2)n2c(s/c(=C\c3cc(I)c(OC)c(OC)c3)c2=O)=N1. The topological polar surface area (TPSA) is 79.1 Å². The summed E-state index contributed by atoms with van der Waals surface area (Å²) in [7, 11) is 3.18. The van der Waals surface area contributed by atoms with Gasteiger partial charge in [-0.2, -0.15) is 0 Å². The first-order valence-electron chi connectivity index (χ1n) is 11.1. The number of hydrogen-bond acceptors (Lipinski definition) is 8. The van der Waals surface area contributed by atoms with Crippen LogP contribution in [0.15, 0.2) is 50.7 Å². The number of carbonyl (C=O) groups excluding carboxylic acids is 1. The highest BCUT2D eigenvalue weighted by atomic mass is 127. The van der Waals surface area contributed by atoms with Gasteiger partial charge in [0.25, 0.3) is 5.56 Å². The Morgan fingerprint density at radius 1 is 1.26 bits per heavy atom. The first-order valence-corrected chi connectivity index (χ1v) is 13.9. The van der Waals surface area contributed by atoms with Gasteiger partial charge in [-0.15, -0.1) is 11.3 Å². The van der Waals surface area contributed by atoms with Crippen LogP contribution in [0.5, 0.6) is 11.5 Å².